The molecule has 0 atom stereocenters. The molecule has 0 saturated carbocycles. The summed E-state index contributed by atoms with van der Waals surface area (Å²) in [6, 6.07) is 6.08. The third-order valence-corrected chi connectivity index (χ3v) is 4.62. The maximum Gasteiger partial charge on any atom is 0.140 e. The number of rotatable bonds is 11. The van der Waals surface area contributed by atoms with Crippen LogP contribution in [0.15, 0.2) is 53.3 Å². The van der Waals surface area contributed by atoms with Crippen molar-refractivity contribution in [3.05, 3.63) is 54.0 Å². The lowest BCUT2D eigenvalue weighted by molar-refractivity contribution is 0.283. The monoisotopic (exact) mass is 367 g/mol. The third-order valence-electron chi connectivity index (χ3n) is 4.62. The molecule has 1 aliphatic heterocycles. The summed E-state index contributed by atoms with van der Waals surface area (Å²) < 4.78 is 5.79. The van der Waals surface area contributed by atoms with E-state index in [-0.39, 0.29) is 0 Å². The van der Waals surface area contributed by atoms with Crippen LogP contribution < -0.4 is 4.74 Å². The quantitative estimate of drug-likeness (QED) is 0.500. The van der Waals surface area contributed by atoms with E-state index in [4.69, 9.17) is 14.8 Å². The first-order valence-electron chi connectivity index (χ1n) is 9.85. The van der Waals surface area contributed by atoms with E-state index in [1.165, 1.54) is 0 Å². The summed E-state index contributed by atoms with van der Waals surface area (Å²) in [6.07, 6.45) is 14.3. The number of unbranched alkanes of at least 4 members (excludes halogenated alkanes) is 3. The van der Waals surface area contributed by atoms with E-state index in [0.29, 0.717) is 13.2 Å². The first-order valence-corrected chi connectivity index (χ1v) is 9.85. The number of H-pyrrole nitrogens is 2. The van der Waals surface area contributed by atoms with Crippen LogP contribution in [0, 0.1) is 0 Å². The highest BCUT2D eigenvalue weighted by atomic mass is 16.5. The second-order valence-electron chi connectivity index (χ2n) is 6.70. The van der Waals surface area contributed by atoms with E-state index in [2.05, 4.69) is 34.3 Å². The van der Waals surface area contributed by atoms with Gasteiger partial charge in [0, 0.05) is 31.0 Å². The molecule has 0 saturated heterocycles. The Labute approximate surface area is 160 Å². The number of aromatic nitrogens is 2. The Kier molecular flexibility index (Phi) is 7.11. The van der Waals surface area contributed by atoms with Crippen LogP contribution in [0.4, 0.5) is 0 Å². The van der Waals surface area contributed by atoms with Gasteiger partial charge in [0.2, 0.25) is 0 Å². The molecule has 1 aliphatic rings. The van der Waals surface area contributed by atoms with Crippen LogP contribution >= 0.6 is 0 Å². The van der Waals surface area contributed by atoms with Crippen molar-refractivity contribution in [2.45, 2.75) is 45.4 Å². The molecular formula is C22H29N3O2. The number of nitrogens with one attached hydrogen (secondary N) is 2. The van der Waals surface area contributed by atoms with Gasteiger partial charge in [0.05, 0.1) is 29.4 Å². The molecule has 2 aromatic heterocycles. The Hall–Kier alpha value is -2.53. The second kappa shape index (κ2) is 9.97. The number of hydrogen-bond donors (Lipinski definition) is 3. The van der Waals surface area contributed by atoms with Gasteiger partial charge in [0.25, 0.3) is 0 Å². The van der Waals surface area contributed by atoms with Gasteiger partial charge in [-0.05, 0) is 50.5 Å². The first kappa shape index (κ1) is 19.2. The Balaban J connectivity index is 1.60. The SMILES string of the molecule is CCOc1cc(-c2ccc[nH]2)[nH]c1CC=C1C=CC(CCCCCCO)=N1. The fraction of sp³-hybridized carbons (Fsp3) is 0.409. The third kappa shape index (κ3) is 5.47. The van der Waals surface area contributed by atoms with Gasteiger partial charge in [-0.1, -0.05) is 18.9 Å². The fourth-order valence-electron chi connectivity index (χ4n) is 3.21. The van der Waals surface area contributed by atoms with Crippen LogP contribution in [0.25, 0.3) is 11.4 Å². The molecule has 5 heteroatoms. The summed E-state index contributed by atoms with van der Waals surface area (Å²) in [5, 5.41) is 8.82. The molecular weight excluding hydrogens is 338 g/mol. The molecule has 0 radical (unpaired) electrons. The van der Waals surface area contributed by atoms with Gasteiger partial charge in [-0.2, -0.15) is 0 Å². The number of hydrogen-bond acceptors (Lipinski definition) is 3. The Morgan fingerprint density at radius 2 is 2.04 bits per heavy atom. The van der Waals surface area contributed by atoms with Crippen LogP contribution in [0.3, 0.4) is 0 Å². The van der Waals surface area contributed by atoms with Gasteiger partial charge in [0.15, 0.2) is 0 Å². The summed E-state index contributed by atoms with van der Waals surface area (Å²) in [5.41, 5.74) is 5.31. The van der Waals surface area contributed by atoms with E-state index in [0.717, 1.165) is 72.8 Å². The lowest BCUT2D eigenvalue weighted by Gasteiger charge is -2.02. The molecule has 0 aromatic carbocycles. The average Bonchev–Trinajstić information content (AvgIpc) is 3.41. The minimum absolute atomic E-state index is 0.293. The summed E-state index contributed by atoms with van der Waals surface area (Å²) in [4.78, 5) is 11.4. The summed E-state index contributed by atoms with van der Waals surface area (Å²) in [5.74, 6) is 0.897. The van der Waals surface area contributed by atoms with Gasteiger partial charge < -0.3 is 19.8 Å². The molecule has 0 bridgehead atoms. The Bertz CT molecular complexity index is 798. The molecule has 5 nitrogen and oxygen atoms in total. The van der Waals surface area contributed by atoms with Crippen molar-refractivity contribution in [3.63, 3.8) is 0 Å². The molecule has 27 heavy (non-hydrogen) atoms. The number of aliphatic hydroxyl groups excluding tert-OH is 1. The van der Waals surface area contributed by atoms with Crippen LogP contribution in [0.2, 0.25) is 0 Å². The average molecular weight is 367 g/mol. The number of ether oxygens (including phenoxy) is 1. The molecule has 2 aromatic rings. The van der Waals surface area contributed by atoms with Crippen molar-refractivity contribution < 1.29 is 9.84 Å². The predicted octanol–water partition coefficient (Wildman–Crippen LogP) is 4.79. The van der Waals surface area contributed by atoms with E-state index in [9.17, 15) is 0 Å². The topological polar surface area (TPSA) is 73.4 Å². The van der Waals surface area contributed by atoms with Gasteiger partial charge in [0.1, 0.15) is 5.75 Å². The predicted molar refractivity (Wildman–Crippen MR) is 110 cm³/mol. The molecule has 0 aliphatic carbocycles. The normalized spacial score (nSPS) is 14.9. The summed E-state index contributed by atoms with van der Waals surface area (Å²) in [7, 11) is 0. The first-order chi connectivity index (χ1) is 13.3. The number of aliphatic hydroxyl groups is 1. The minimum atomic E-state index is 0.293. The number of aliphatic imine (C=N–C) groups is 1. The molecule has 3 rings (SSSR count). The van der Waals surface area contributed by atoms with E-state index in [1.807, 2.05) is 25.3 Å². The zero-order chi connectivity index (χ0) is 18.9. The minimum Gasteiger partial charge on any atom is -0.492 e. The van der Waals surface area contributed by atoms with Crippen molar-refractivity contribution in [2.75, 3.05) is 13.2 Å². The fourth-order valence-corrected chi connectivity index (χ4v) is 3.21. The van der Waals surface area contributed by atoms with E-state index >= 15 is 0 Å². The lowest BCUT2D eigenvalue weighted by atomic mass is 10.1. The molecule has 0 fully saturated rings. The largest absolute Gasteiger partial charge is 0.492 e. The molecule has 0 amide bonds. The standard InChI is InChI=1S/C22H29N3O2/c1-2-27-22-16-21(19-9-7-14-23-19)25-20(22)13-12-18-11-10-17(24-18)8-5-3-4-6-15-26/h7,9-12,14,16,23,25-26H,2-6,8,13,15H2,1H3. The van der Waals surface area contributed by atoms with Crippen LogP contribution in [-0.2, 0) is 6.42 Å². The molecule has 0 spiro atoms. The molecule has 0 unspecified atom stereocenters. The summed E-state index contributed by atoms with van der Waals surface area (Å²) in [6.45, 7) is 2.94. The highest BCUT2D eigenvalue weighted by Crippen LogP contribution is 2.27. The smallest absolute Gasteiger partial charge is 0.140 e. The zero-order valence-electron chi connectivity index (χ0n) is 16.0. The lowest BCUT2D eigenvalue weighted by Crippen LogP contribution is -1.94. The van der Waals surface area contributed by atoms with Gasteiger partial charge in [-0.25, -0.2) is 0 Å². The van der Waals surface area contributed by atoms with Crippen molar-refractivity contribution in [1.29, 1.82) is 0 Å². The Morgan fingerprint density at radius 1 is 1.15 bits per heavy atom. The molecule has 3 heterocycles. The highest BCUT2D eigenvalue weighted by molar-refractivity contribution is 5.98. The highest BCUT2D eigenvalue weighted by Gasteiger charge is 2.11. The van der Waals surface area contributed by atoms with Crippen molar-refractivity contribution in [1.82, 2.24) is 9.97 Å². The van der Waals surface area contributed by atoms with Crippen LogP contribution in [0.5, 0.6) is 5.75 Å². The van der Waals surface area contributed by atoms with Crippen LogP contribution in [-0.4, -0.2) is 34.0 Å². The van der Waals surface area contributed by atoms with Crippen molar-refractivity contribution in [3.8, 4) is 17.1 Å². The number of nitrogens with zero attached hydrogens (tertiary/aromatic N) is 1. The van der Waals surface area contributed by atoms with Gasteiger partial charge in [-0.15, -0.1) is 0 Å². The summed E-state index contributed by atoms with van der Waals surface area (Å²) >= 11 is 0. The number of aromatic amines is 2. The Morgan fingerprint density at radius 3 is 2.81 bits per heavy atom. The van der Waals surface area contributed by atoms with E-state index < -0.39 is 0 Å². The van der Waals surface area contributed by atoms with Crippen molar-refractivity contribution in [2.24, 2.45) is 4.99 Å². The van der Waals surface area contributed by atoms with E-state index in [1.54, 1.807) is 0 Å². The van der Waals surface area contributed by atoms with Crippen LogP contribution in [0.1, 0.15) is 44.7 Å². The number of allylic oxidation sites excluding steroid dienone is 3. The van der Waals surface area contributed by atoms with Crippen molar-refractivity contribution >= 4 is 5.71 Å². The molecule has 3 N–H and O–H groups in total. The zero-order valence-corrected chi connectivity index (χ0v) is 16.0. The van der Waals surface area contributed by atoms with Gasteiger partial charge >= 0.3 is 0 Å². The molecule has 144 valence electrons. The maximum absolute atomic E-state index is 8.82. The van der Waals surface area contributed by atoms with Gasteiger partial charge in [-0.3, -0.25) is 4.99 Å². The maximum atomic E-state index is 8.82. The second-order valence-corrected chi connectivity index (χ2v) is 6.70.